The Labute approximate surface area is 121 Å². The number of nitrogens with zero attached hydrogens (tertiary/aromatic N) is 1. The summed E-state index contributed by atoms with van der Waals surface area (Å²) in [6, 6.07) is 1.76. The Morgan fingerprint density at radius 3 is 2.50 bits per heavy atom. The van der Waals surface area contributed by atoms with Crippen LogP contribution in [0.1, 0.15) is 67.1 Å². The van der Waals surface area contributed by atoms with Gasteiger partial charge in [0.05, 0.1) is 6.61 Å². The van der Waals surface area contributed by atoms with Gasteiger partial charge in [0.15, 0.2) is 0 Å². The first kappa shape index (κ1) is 16.5. The SMILES string of the molecule is CCCCCCCCOc1nc(C)cc(C)c1C(=O)O. The summed E-state index contributed by atoms with van der Waals surface area (Å²) in [5, 5.41) is 9.22. The number of aromatic nitrogens is 1. The predicted molar refractivity (Wildman–Crippen MR) is 79.5 cm³/mol. The summed E-state index contributed by atoms with van der Waals surface area (Å²) in [5.74, 6) is -0.725. The molecular weight excluding hydrogens is 254 g/mol. The summed E-state index contributed by atoms with van der Waals surface area (Å²) in [5.41, 5.74) is 1.66. The van der Waals surface area contributed by atoms with Crippen LogP contribution >= 0.6 is 0 Å². The highest BCUT2D eigenvalue weighted by Gasteiger charge is 2.16. The Balaban J connectivity index is 2.49. The van der Waals surface area contributed by atoms with Gasteiger partial charge in [-0.1, -0.05) is 39.0 Å². The highest BCUT2D eigenvalue weighted by atomic mass is 16.5. The Morgan fingerprint density at radius 1 is 1.20 bits per heavy atom. The van der Waals surface area contributed by atoms with Crippen LogP contribution in [0.2, 0.25) is 0 Å². The molecule has 0 amide bonds. The van der Waals surface area contributed by atoms with Crippen LogP contribution in [0.4, 0.5) is 0 Å². The number of unbranched alkanes of at least 4 members (excludes halogenated alkanes) is 5. The normalized spacial score (nSPS) is 10.6. The van der Waals surface area contributed by atoms with Crippen molar-refractivity contribution in [1.82, 2.24) is 4.98 Å². The van der Waals surface area contributed by atoms with E-state index in [0.29, 0.717) is 12.2 Å². The van der Waals surface area contributed by atoms with Gasteiger partial charge in [-0.25, -0.2) is 9.78 Å². The van der Waals surface area contributed by atoms with Crippen molar-refractivity contribution < 1.29 is 14.6 Å². The van der Waals surface area contributed by atoms with Crippen molar-refractivity contribution in [3.05, 3.63) is 22.9 Å². The van der Waals surface area contributed by atoms with Crippen molar-refractivity contribution in [2.75, 3.05) is 6.61 Å². The molecule has 0 aliphatic carbocycles. The molecule has 0 saturated carbocycles. The fourth-order valence-electron chi connectivity index (χ4n) is 2.22. The van der Waals surface area contributed by atoms with Gasteiger partial charge < -0.3 is 9.84 Å². The fourth-order valence-corrected chi connectivity index (χ4v) is 2.22. The molecule has 1 aromatic rings. The van der Waals surface area contributed by atoms with Crippen molar-refractivity contribution in [3.8, 4) is 5.88 Å². The maximum atomic E-state index is 11.2. The first-order valence-corrected chi connectivity index (χ1v) is 7.40. The quantitative estimate of drug-likeness (QED) is 0.690. The minimum absolute atomic E-state index is 0.182. The molecule has 0 radical (unpaired) electrons. The van der Waals surface area contributed by atoms with E-state index in [1.54, 1.807) is 13.0 Å². The number of aryl methyl sites for hydroxylation is 2. The van der Waals surface area contributed by atoms with Crippen LogP contribution in [-0.2, 0) is 0 Å². The minimum atomic E-state index is -0.979. The number of pyridine rings is 1. The number of rotatable bonds is 9. The van der Waals surface area contributed by atoms with Crippen LogP contribution in [0.3, 0.4) is 0 Å². The van der Waals surface area contributed by atoms with Crippen LogP contribution in [-0.4, -0.2) is 22.7 Å². The molecule has 0 bridgehead atoms. The van der Waals surface area contributed by atoms with E-state index in [-0.39, 0.29) is 11.4 Å². The van der Waals surface area contributed by atoms with Gasteiger partial charge in [0.1, 0.15) is 5.56 Å². The Bertz CT molecular complexity index is 444. The van der Waals surface area contributed by atoms with Gasteiger partial charge in [-0.2, -0.15) is 0 Å². The Hall–Kier alpha value is -1.58. The lowest BCUT2D eigenvalue weighted by Gasteiger charge is -2.11. The van der Waals surface area contributed by atoms with Crippen molar-refractivity contribution in [3.63, 3.8) is 0 Å². The zero-order chi connectivity index (χ0) is 15.0. The third-order valence-corrected chi connectivity index (χ3v) is 3.26. The van der Waals surface area contributed by atoms with Crippen LogP contribution in [0.25, 0.3) is 0 Å². The molecule has 1 rings (SSSR count). The minimum Gasteiger partial charge on any atom is -0.477 e. The predicted octanol–water partition coefficient (Wildman–Crippen LogP) is 4.14. The number of hydrogen-bond donors (Lipinski definition) is 1. The molecule has 0 aromatic carbocycles. The van der Waals surface area contributed by atoms with E-state index in [0.717, 1.165) is 18.5 Å². The number of hydrogen-bond acceptors (Lipinski definition) is 3. The lowest BCUT2D eigenvalue weighted by atomic mass is 10.1. The Morgan fingerprint density at radius 2 is 1.85 bits per heavy atom. The number of aromatic carboxylic acids is 1. The molecule has 0 spiro atoms. The van der Waals surface area contributed by atoms with Crippen LogP contribution in [0, 0.1) is 13.8 Å². The van der Waals surface area contributed by atoms with Crippen LogP contribution in [0.15, 0.2) is 6.07 Å². The number of ether oxygens (including phenoxy) is 1. The number of carboxylic acids is 1. The van der Waals surface area contributed by atoms with Gasteiger partial charge in [0.25, 0.3) is 0 Å². The van der Waals surface area contributed by atoms with Crippen LogP contribution in [0.5, 0.6) is 5.88 Å². The molecule has 4 nitrogen and oxygen atoms in total. The van der Waals surface area contributed by atoms with Gasteiger partial charge in [-0.15, -0.1) is 0 Å². The molecular formula is C16H25NO3. The van der Waals surface area contributed by atoms with E-state index in [1.807, 2.05) is 6.92 Å². The maximum absolute atomic E-state index is 11.2. The summed E-state index contributed by atoms with van der Waals surface area (Å²) >= 11 is 0. The molecule has 1 N–H and O–H groups in total. The molecule has 1 aromatic heterocycles. The molecule has 0 saturated heterocycles. The standard InChI is InChI=1S/C16H25NO3/c1-4-5-6-7-8-9-10-20-15-14(16(18)19)12(2)11-13(3)17-15/h11H,4-10H2,1-3H3,(H,18,19). The molecule has 0 aliphatic rings. The topological polar surface area (TPSA) is 59.4 Å². The summed E-state index contributed by atoms with van der Waals surface area (Å²) in [6.07, 6.45) is 7.06. The van der Waals surface area contributed by atoms with E-state index in [1.165, 1.54) is 25.7 Å². The van der Waals surface area contributed by atoms with Crippen molar-refractivity contribution in [1.29, 1.82) is 0 Å². The van der Waals surface area contributed by atoms with Gasteiger partial charge in [-0.05, 0) is 31.9 Å². The monoisotopic (exact) mass is 279 g/mol. The first-order chi connectivity index (χ1) is 9.56. The smallest absolute Gasteiger partial charge is 0.341 e. The van der Waals surface area contributed by atoms with Gasteiger partial charge in [0.2, 0.25) is 5.88 Å². The van der Waals surface area contributed by atoms with E-state index in [2.05, 4.69) is 11.9 Å². The summed E-state index contributed by atoms with van der Waals surface area (Å²) in [7, 11) is 0. The molecule has 0 atom stereocenters. The second-order valence-electron chi connectivity index (χ2n) is 5.18. The lowest BCUT2D eigenvalue weighted by molar-refractivity contribution is 0.0690. The summed E-state index contributed by atoms with van der Waals surface area (Å²) in [4.78, 5) is 15.4. The fraction of sp³-hybridized carbons (Fsp3) is 0.625. The third kappa shape index (κ3) is 5.19. The maximum Gasteiger partial charge on any atom is 0.341 e. The van der Waals surface area contributed by atoms with Gasteiger partial charge in [-0.3, -0.25) is 0 Å². The van der Waals surface area contributed by atoms with Crippen LogP contribution < -0.4 is 4.74 Å². The van der Waals surface area contributed by atoms with E-state index in [4.69, 9.17) is 4.74 Å². The average molecular weight is 279 g/mol. The molecule has 0 fully saturated rings. The highest BCUT2D eigenvalue weighted by molar-refractivity contribution is 5.91. The van der Waals surface area contributed by atoms with Crippen molar-refractivity contribution >= 4 is 5.97 Å². The van der Waals surface area contributed by atoms with Crippen molar-refractivity contribution in [2.45, 2.75) is 59.3 Å². The summed E-state index contributed by atoms with van der Waals surface area (Å²) in [6.45, 7) is 6.34. The van der Waals surface area contributed by atoms with Gasteiger partial charge >= 0.3 is 5.97 Å². The van der Waals surface area contributed by atoms with Crippen molar-refractivity contribution in [2.24, 2.45) is 0 Å². The average Bonchev–Trinajstić information content (AvgIpc) is 2.36. The molecule has 20 heavy (non-hydrogen) atoms. The molecule has 0 unspecified atom stereocenters. The zero-order valence-corrected chi connectivity index (χ0v) is 12.7. The summed E-state index contributed by atoms with van der Waals surface area (Å²) < 4.78 is 5.57. The van der Waals surface area contributed by atoms with Gasteiger partial charge in [0, 0.05) is 5.69 Å². The second-order valence-corrected chi connectivity index (χ2v) is 5.18. The molecule has 1 heterocycles. The molecule has 4 heteroatoms. The Kier molecular flexibility index (Phi) is 7.05. The zero-order valence-electron chi connectivity index (χ0n) is 12.7. The van der Waals surface area contributed by atoms with E-state index in [9.17, 15) is 9.90 Å². The second kappa shape index (κ2) is 8.56. The largest absolute Gasteiger partial charge is 0.477 e. The van der Waals surface area contributed by atoms with E-state index >= 15 is 0 Å². The molecule has 0 aliphatic heterocycles. The molecule has 112 valence electrons. The third-order valence-electron chi connectivity index (χ3n) is 3.26. The number of carboxylic acid groups (broad SMARTS) is 1. The lowest BCUT2D eigenvalue weighted by Crippen LogP contribution is -2.09. The number of carbonyl (C=O) groups is 1. The first-order valence-electron chi connectivity index (χ1n) is 7.40. The van der Waals surface area contributed by atoms with E-state index < -0.39 is 5.97 Å². The highest BCUT2D eigenvalue weighted by Crippen LogP contribution is 2.21.